The second-order valence-electron chi connectivity index (χ2n) is 5.37. The van der Waals surface area contributed by atoms with E-state index in [1.807, 2.05) is 18.2 Å². The Labute approximate surface area is 114 Å². The molecular formula is C16H19ClN. The fraction of sp³-hybridized carbons (Fsp3) is 0.500. The maximum atomic E-state index is 6.17. The van der Waals surface area contributed by atoms with Crippen LogP contribution in [0.4, 0.5) is 0 Å². The van der Waals surface area contributed by atoms with Crippen molar-refractivity contribution in [3.05, 3.63) is 40.4 Å². The van der Waals surface area contributed by atoms with Crippen LogP contribution in [0.3, 0.4) is 0 Å². The highest BCUT2D eigenvalue weighted by Crippen LogP contribution is 2.30. The molecule has 18 heavy (non-hydrogen) atoms. The van der Waals surface area contributed by atoms with Gasteiger partial charge in [0.2, 0.25) is 0 Å². The molecule has 1 saturated heterocycles. The first kappa shape index (κ1) is 12.3. The Morgan fingerprint density at radius 1 is 1.28 bits per heavy atom. The van der Waals surface area contributed by atoms with Gasteiger partial charge in [-0.2, -0.15) is 0 Å². The molecule has 0 amide bonds. The van der Waals surface area contributed by atoms with E-state index in [-0.39, 0.29) is 0 Å². The van der Waals surface area contributed by atoms with Crippen LogP contribution in [0, 0.1) is 6.07 Å². The molecule has 0 spiro atoms. The van der Waals surface area contributed by atoms with Crippen molar-refractivity contribution in [3.8, 4) is 0 Å². The number of halogens is 1. The number of nitrogens with zero attached hydrogens (tertiary/aromatic N) is 1. The first-order valence-corrected chi connectivity index (χ1v) is 7.30. The van der Waals surface area contributed by atoms with E-state index in [0.717, 1.165) is 16.6 Å². The molecule has 1 saturated carbocycles. The topological polar surface area (TPSA) is 3.24 Å². The third-order valence-corrected chi connectivity index (χ3v) is 4.56. The van der Waals surface area contributed by atoms with Crippen molar-refractivity contribution in [3.63, 3.8) is 0 Å². The van der Waals surface area contributed by atoms with E-state index in [1.165, 1.54) is 45.2 Å². The first-order valence-electron chi connectivity index (χ1n) is 6.92. The van der Waals surface area contributed by atoms with E-state index in [1.54, 1.807) is 5.57 Å². The van der Waals surface area contributed by atoms with Gasteiger partial charge in [-0.25, -0.2) is 0 Å². The molecule has 0 unspecified atom stereocenters. The zero-order valence-electron chi connectivity index (χ0n) is 10.7. The maximum Gasteiger partial charge on any atom is 0.0484 e. The molecule has 0 bridgehead atoms. The summed E-state index contributed by atoms with van der Waals surface area (Å²) in [5.74, 6) is 0. The summed E-state index contributed by atoms with van der Waals surface area (Å²) in [5, 5.41) is 0.812. The second kappa shape index (κ2) is 5.46. The second-order valence-corrected chi connectivity index (χ2v) is 5.78. The average molecular weight is 261 g/mol. The van der Waals surface area contributed by atoms with E-state index in [2.05, 4.69) is 17.0 Å². The molecule has 1 nitrogen and oxygen atoms in total. The van der Waals surface area contributed by atoms with Gasteiger partial charge in [-0.3, -0.25) is 4.90 Å². The molecular weight excluding hydrogens is 242 g/mol. The summed E-state index contributed by atoms with van der Waals surface area (Å²) in [6.45, 7) is 2.46. The lowest BCUT2D eigenvalue weighted by Crippen LogP contribution is -2.43. The van der Waals surface area contributed by atoms with Crippen LogP contribution in [0.5, 0.6) is 0 Å². The molecule has 1 aromatic rings. The zero-order chi connectivity index (χ0) is 12.4. The molecule has 0 atom stereocenters. The number of rotatable bonds is 2. The van der Waals surface area contributed by atoms with E-state index < -0.39 is 0 Å². The van der Waals surface area contributed by atoms with Gasteiger partial charge < -0.3 is 0 Å². The lowest BCUT2D eigenvalue weighted by atomic mass is 9.89. The molecule has 2 heteroatoms. The van der Waals surface area contributed by atoms with Crippen molar-refractivity contribution in [1.29, 1.82) is 0 Å². The smallest absolute Gasteiger partial charge is 0.0484 e. The number of hydrogen-bond acceptors (Lipinski definition) is 1. The van der Waals surface area contributed by atoms with Crippen molar-refractivity contribution in [2.75, 3.05) is 13.1 Å². The molecule has 1 heterocycles. The van der Waals surface area contributed by atoms with Crippen molar-refractivity contribution in [1.82, 2.24) is 4.90 Å². The molecule has 0 N–H and O–H groups in total. The fourth-order valence-electron chi connectivity index (χ4n) is 2.83. The minimum atomic E-state index is 0.812. The highest BCUT2D eigenvalue weighted by Gasteiger charge is 2.26. The van der Waals surface area contributed by atoms with Crippen LogP contribution in [0.2, 0.25) is 5.02 Å². The third-order valence-electron chi connectivity index (χ3n) is 4.24. The fourth-order valence-corrected chi connectivity index (χ4v) is 3.01. The summed E-state index contributed by atoms with van der Waals surface area (Å²) < 4.78 is 0. The van der Waals surface area contributed by atoms with Gasteiger partial charge in [-0.15, -0.1) is 0 Å². The predicted octanol–water partition coefficient (Wildman–Crippen LogP) is 4.17. The van der Waals surface area contributed by atoms with Gasteiger partial charge in [0.05, 0.1) is 0 Å². The number of benzene rings is 1. The summed E-state index contributed by atoms with van der Waals surface area (Å²) in [5.41, 5.74) is 2.68. The minimum Gasteiger partial charge on any atom is -0.300 e. The summed E-state index contributed by atoms with van der Waals surface area (Å²) >= 11 is 6.17. The number of hydrogen-bond donors (Lipinski definition) is 0. The Hall–Kier alpha value is -0.790. The molecule has 2 aliphatic rings. The molecule has 1 aliphatic carbocycles. The lowest BCUT2D eigenvalue weighted by molar-refractivity contribution is 0.118. The molecule has 95 valence electrons. The Bertz CT molecular complexity index is 438. The molecule has 3 rings (SSSR count). The van der Waals surface area contributed by atoms with Gasteiger partial charge in [0, 0.05) is 24.2 Å². The summed E-state index contributed by atoms with van der Waals surface area (Å²) in [4.78, 5) is 2.67. The van der Waals surface area contributed by atoms with Crippen molar-refractivity contribution in [2.45, 2.75) is 38.1 Å². The van der Waals surface area contributed by atoms with Gasteiger partial charge in [-0.05, 0) is 43.4 Å². The van der Waals surface area contributed by atoms with Crippen LogP contribution in [-0.2, 0) is 0 Å². The van der Waals surface area contributed by atoms with Crippen LogP contribution in [0.1, 0.15) is 37.7 Å². The largest absolute Gasteiger partial charge is 0.300 e. The van der Waals surface area contributed by atoms with Crippen molar-refractivity contribution >= 4 is 17.7 Å². The highest BCUT2D eigenvalue weighted by molar-refractivity contribution is 6.32. The minimum absolute atomic E-state index is 0.812. The Morgan fingerprint density at radius 3 is 2.67 bits per heavy atom. The maximum absolute atomic E-state index is 6.17. The molecule has 2 fully saturated rings. The number of piperidine rings is 1. The van der Waals surface area contributed by atoms with Crippen LogP contribution in [0.15, 0.2) is 23.8 Å². The van der Waals surface area contributed by atoms with Gasteiger partial charge >= 0.3 is 0 Å². The number of likely N-dealkylation sites (tertiary alicyclic amines) is 1. The quantitative estimate of drug-likeness (QED) is 0.771. The summed E-state index contributed by atoms with van der Waals surface area (Å²) in [7, 11) is 0. The zero-order valence-corrected chi connectivity index (χ0v) is 11.4. The summed E-state index contributed by atoms with van der Waals surface area (Å²) in [6.07, 6.45) is 8.93. The summed E-state index contributed by atoms with van der Waals surface area (Å²) in [6, 6.07) is 9.72. The van der Waals surface area contributed by atoms with E-state index in [9.17, 15) is 0 Å². The van der Waals surface area contributed by atoms with Crippen LogP contribution < -0.4 is 0 Å². The van der Waals surface area contributed by atoms with Crippen molar-refractivity contribution < 1.29 is 0 Å². The van der Waals surface area contributed by atoms with Crippen LogP contribution >= 0.6 is 11.6 Å². The average Bonchev–Trinajstić information content (AvgIpc) is 2.32. The monoisotopic (exact) mass is 260 g/mol. The Kier molecular flexibility index (Phi) is 3.72. The van der Waals surface area contributed by atoms with E-state index in [0.29, 0.717) is 0 Å². The molecule has 1 aromatic carbocycles. The van der Waals surface area contributed by atoms with Crippen LogP contribution in [0.25, 0.3) is 6.08 Å². The Morgan fingerprint density at radius 2 is 2.06 bits per heavy atom. The highest BCUT2D eigenvalue weighted by atomic mass is 35.5. The van der Waals surface area contributed by atoms with E-state index >= 15 is 0 Å². The van der Waals surface area contributed by atoms with Gasteiger partial charge in [0.25, 0.3) is 0 Å². The normalized spacial score (nSPS) is 21.7. The SMILES string of the molecule is Clc1c[c]ccc1C=C1CCN(C2CCC2)CC1. The van der Waals surface area contributed by atoms with Gasteiger partial charge in [0.1, 0.15) is 0 Å². The predicted molar refractivity (Wildman–Crippen MR) is 76.7 cm³/mol. The molecule has 0 aromatic heterocycles. The van der Waals surface area contributed by atoms with Crippen LogP contribution in [-0.4, -0.2) is 24.0 Å². The molecule has 1 aliphatic heterocycles. The lowest BCUT2D eigenvalue weighted by Gasteiger charge is -2.40. The first-order chi connectivity index (χ1) is 8.83. The molecule has 1 radical (unpaired) electrons. The third kappa shape index (κ3) is 2.62. The Balaban J connectivity index is 1.63. The van der Waals surface area contributed by atoms with E-state index in [4.69, 9.17) is 11.6 Å². The van der Waals surface area contributed by atoms with Gasteiger partial charge in [0.15, 0.2) is 0 Å². The van der Waals surface area contributed by atoms with Crippen molar-refractivity contribution in [2.24, 2.45) is 0 Å². The van der Waals surface area contributed by atoms with Gasteiger partial charge in [-0.1, -0.05) is 41.8 Å². The standard InChI is InChI=1S/C16H19ClN/c17-16-7-2-1-4-14(16)12-13-8-10-18(11-9-13)15-5-3-6-15/h1,4,7,12,15H,3,5-6,8-11H2.